The molecule has 0 aliphatic carbocycles. The maximum absolute atomic E-state index is 10.8. The Hall–Kier alpha value is -0.940. The van der Waals surface area contributed by atoms with Crippen LogP contribution in [0, 0.1) is 0 Å². The highest BCUT2D eigenvalue weighted by atomic mass is 16.5. The van der Waals surface area contributed by atoms with Crippen LogP contribution in [0.3, 0.4) is 0 Å². The van der Waals surface area contributed by atoms with Gasteiger partial charge >= 0.3 is 0 Å². The number of morpholine rings is 1. The van der Waals surface area contributed by atoms with Gasteiger partial charge in [0.2, 0.25) is 0 Å². The highest BCUT2D eigenvalue weighted by molar-refractivity contribution is 5.23. The maximum atomic E-state index is 10.8. The van der Waals surface area contributed by atoms with Gasteiger partial charge in [-0.15, -0.1) is 0 Å². The zero-order valence-electron chi connectivity index (χ0n) is 11.6. The fourth-order valence-corrected chi connectivity index (χ4v) is 2.63. The Balaban J connectivity index is 2.13. The van der Waals surface area contributed by atoms with Gasteiger partial charge in [0.05, 0.1) is 13.2 Å². The summed E-state index contributed by atoms with van der Waals surface area (Å²) in [5, 5.41) is 10.8. The fraction of sp³-hybridized carbons (Fsp3) is 0.600. The molecule has 0 saturated carbocycles. The van der Waals surface area contributed by atoms with E-state index in [1.165, 1.54) is 0 Å². The first-order valence-electron chi connectivity index (χ1n) is 6.99. The second kappa shape index (κ2) is 6.48. The van der Waals surface area contributed by atoms with Crippen LogP contribution in [0.4, 0.5) is 0 Å². The van der Waals surface area contributed by atoms with Crippen LogP contribution >= 0.6 is 0 Å². The van der Waals surface area contributed by atoms with Crippen LogP contribution in [-0.4, -0.2) is 48.9 Å². The molecule has 2 rings (SSSR count). The molecule has 0 bridgehead atoms. The summed E-state index contributed by atoms with van der Waals surface area (Å²) in [5.74, 6) is 0. The van der Waals surface area contributed by atoms with Crippen molar-refractivity contribution in [3.63, 3.8) is 0 Å². The van der Waals surface area contributed by atoms with Gasteiger partial charge in [-0.1, -0.05) is 37.3 Å². The number of nitrogens with zero attached hydrogens (tertiary/aromatic N) is 1. The Morgan fingerprint density at radius 1 is 1.42 bits per heavy atom. The van der Waals surface area contributed by atoms with E-state index >= 15 is 0 Å². The molecule has 106 valence electrons. The van der Waals surface area contributed by atoms with Crippen molar-refractivity contribution in [2.75, 3.05) is 32.8 Å². The predicted molar refractivity (Wildman–Crippen MR) is 75.9 cm³/mol. The minimum Gasteiger partial charge on any atom is -0.382 e. The molecule has 3 N–H and O–H groups in total. The third kappa shape index (κ3) is 3.34. The second-order valence-electron chi connectivity index (χ2n) is 5.21. The zero-order chi connectivity index (χ0) is 13.7. The summed E-state index contributed by atoms with van der Waals surface area (Å²) in [7, 11) is 0. The van der Waals surface area contributed by atoms with Crippen LogP contribution in [0.25, 0.3) is 0 Å². The first kappa shape index (κ1) is 14.5. The van der Waals surface area contributed by atoms with Crippen molar-refractivity contribution in [3.05, 3.63) is 35.9 Å². The van der Waals surface area contributed by atoms with Crippen LogP contribution in [-0.2, 0) is 10.3 Å². The lowest BCUT2D eigenvalue weighted by Gasteiger charge is -2.40. The normalized spacial score (nSPS) is 24.1. The maximum Gasteiger partial charge on any atom is 0.114 e. The summed E-state index contributed by atoms with van der Waals surface area (Å²) in [5.41, 5.74) is 5.74. The van der Waals surface area contributed by atoms with Gasteiger partial charge in [0.25, 0.3) is 0 Å². The largest absolute Gasteiger partial charge is 0.382 e. The number of benzene rings is 1. The number of aliphatic hydroxyl groups is 1. The van der Waals surface area contributed by atoms with Crippen LogP contribution < -0.4 is 5.73 Å². The third-order valence-corrected chi connectivity index (χ3v) is 3.93. The van der Waals surface area contributed by atoms with E-state index in [0.717, 1.165) is 31.7 Å². The van der Waals surface area contributed by atoms with Crippen molar-refractivity contribution in [2.24, 2.45) is 5.73 Å². The number of rotatable bonds is 5. The molecule has 0 aromatic heterocycles. The number of hydrogen-bond donors (Lipinski definition) is 2. The molecule has 1 saturated heterocycles. The summed E-state index contributed by atoms with van der Waals surface area (Å²) in [6.07, 6.45) is 1.02. The first-order chi connectivity index (χ1) is 9.19. The zero-order valence-corrected chi connectivity index (χ0v) is 11.6. The third-order valence-electron chi connectivity index (χ3n) is 3.93. The van der Waals surface area contributed by atoms with E-state index in [2.05, 4.69) is 11.8 Å². The lowest BCUT2D eigenvalue weighted by molar-refractivity contribution is -0.0600. The van der Waals surface area contributed by atoms with E-state index < -0.39 is 5.60 Å². The number of hydrogen-bond acceptors (Lipinski definition) is 4. The summed E-state index contributed by atoms with van der Waals surface area (Å²) in [6.45, 7) is 5.27. The summed E-state index contributed by atoms with van der Waals surface area (Å²) in [4.78, 5) is 2.30. The van der Waals surface area contributed by atoms with Crippen molar-refractivity contribution in [2.45, 2.75) is 25.0 Å². The highest BCUT2D eigenvalue weighted by Crippen LogP contribution is 2.23. The predicted octanol–water partition coefficient (Wildman–Crippen LogP) is 0.944. The molecule has 2 atom stereocenters. The molecule has 4 heteroatoms. The molecule has 1 aromatic carbocycles. The molecule has 2 unspecified atom stereocenters. The molecule has 0 amide bonds. The standard InChI is InChI=1S/C15H24N2O2/c1-2-14-10-19-9-8-17(14)12-15(18,11-16)13-6-4-3-5-7-13/h3-7,14,18H,2,8-12,16H2,1H3. The van der Waals surface area contributed by atoms with Crippen molar-refractivity contribution >= 4 is 0 Å². The molecule has 4 nitrogen and oxygen atoms in total. The molecular formula is C15H24N2O2. The minimum absolute atomic E-state index is 0.227. The molecule has 1 aromatic rings. The molecule has 1 aliphatic rings. The Morgan fingerprint density at radius 2 is 2.16 bits per heavy atom. The lowest BCUT2D eigenvalue weighted by atomic mass is 9.92. The monoisotopic (exact) mass is 264 g/mol. The molecule has 0 spiro atoms. The number of β-amino-alcohol motifs (C(OH)–C–C–N with tert-alkyl or cyclic N) is 1. The van der Waals surface area contributed by atoms with Gasteiger partial charge in [0.1, 0.15) is 5.60 Å². The quantitative estimate of drug-likeness (QED) is 0.831. The van der Waals surface area contributed by atoms with E-state index in [-0.39, 0.29) is 6.54 Å². The Morgan fingerprint density at radius 3 is 2.79 bits per heavy atom. The smallest absolute Gasteiger partial charge is 0.114 e. The lowest BCUT2D eigenvalue weighted by Crippen LogP contribution is -2.53. The van der Waals surface area contributed by atoms with Gasteiger partial charge in [-0.3, -0.25) is 4.90 Å². The van der Waals surface area contributed by atoms with Crippen molar-refractivity contribution in [1.29, 1.82) is 0 Å². The van der Waals surface area contributed by atoms with Crippen LogP contribution in [0.15, 0.2) is 30.3 Å². The van der Waals surface area contributed by atoms with Crippen molar-refractivity contribution < 1.29 is 9.84 Å². The van der Waals surface area contributed by atoms with Gasteiger partial charge in [-0.25, -0.2) is 0 Å². The van der Waals surface area contributed by atoms with E-state index in [4.69, 9.17) is 10.5 Å². The van der Waals surface area contributed by atoms with E-state index in [1.807, 2.05) is 30.3 Å². The van der Waals surface area contributed by atoms with Crippen LogP contribution in [0.5, 0.6) is 0 Å². The van der Waals surface area contributed by atoms with Gasteiger partial charge in [0.15, 0.2) is 0 Å². The van der Waals surface area contributed by atoms with Gasteiger partial charge < -0.3 is 15.6 Å². The van der Waals surface area contributed by atoms with E-state index in [1.54, 1.807) is 0 Å². The molecule has 1 fully saturated rings. The van der Waals surface area contributed by atoms with Gasteiger partial charge in [0, 0.05) is 25.7 Å². The van der Waals surface area contributed by atoms with Crippen LogP contribution in [0.2, 0.25) is 0 Å². The Bertz CT molecular complexity index is 385. The van der Waals surface area contributed by atoms with Crippen LogP contribution in [0.1, 0.15) is 18.9 Å². The fourth-order valence-electron chi connectivity index (χ4n) is 2.63. The molecule has 19 heavy (non-hydrogen) atoms. The summed E-state index contributed by atoms with van der Waals surface area (Å²) < 4.78 is 5.50. The molecule has 1 aliphatic heterocycles. The Labute approximate surface area is 115 Å². The Kier molecular flexibility index (Phi) is 4.93. The second-order valence-corrected chi connectivity index (χ2v) is 5.21. The molecule has 1 heterocycles. The van der Waals surface area contributed by atoms with E-state index in [0.29, 0.717) is 12.6 Å². The van der Waals surface area contributed by atoms with Gasteiger partial charge in [-0.2, -0.15) is 0 Å². The number of ether oxygens (including phenoxy) is 1. The van der Waals surface area contributed by atoms with Gasteiger partial charge in [-0.05, 0) is 12.0 Å². The average Bonchev–Trinajstić information content (AvgIpc) is 2.48. The molecular weight excluding hydrogens is 240 g/mol. The first-order valence-corrected chi connectivity index (χ1v) is 6.99. The topological polar surface area (TPSA) is 58.7 Å². The van der Waals surface area contributed by atoms with Crippen molar-refractivity contribution in [3.8, 4) is 0 Å². The highest BCUT2D eigenvalue weighted by Gasteiger charge is 2.33. The number of nitrogens with two attached hydrogens (primary N) is 1. The molecule has 0 radical (unpaired) electrons. The summed E-state index contributed by atoms with van der Waals surface area (Å²) in [6, 6.07) is 10.1. The minimum atomic E-state index is -0.980. The average molecular weight is 264 g/mol. The van der Waals surface area contributed by atoms with Crippen molar-refractivity contribution in [1.82, 2.24) is 4.90 Å². The SMILES string of the molecule is CCC1COCCN1CC(O)(CN)c1ccccc1. The van der Waals surface area contributed by atoms with E-state index in [9.17, 15) is 5.11 Å². The summed E-state index contributed by atoms with van der Waals surface area (Å²) >= 11 is 0.